The highest BCUT2D eigenvalue weighted by molar-refractivity contribution is 7.92. The molecule has 2 aromatic carbocycles. The van der Waals surface area contributed by atoms with Crippen LogP contribution < -0.4 is 0 Å². The average molecular weight is 446 g/mol. The summed E-state index contributed by atoms with van der Waals surface area (Å²) >= 11 is 0. The summed E-state index contributed by atoms with van der Waals surface area (Å²) in [4.78, 5) is 10.0. The van der Waals surface area contributed by atoms with Gasteiger partial charge in [0.15, 0.2) is 5.78 Å². The molecule has 0 aliphatic carbocycles. The Hall–Kier alpha value is -2.41. The first-order chi connectivity index (χ1) is 12.6. The average Bonchev–Trinajstić information content (AvgIpc) is 2.59. The molecule has 0 heterocycles. The summed E-state index contributed by atoms with van der Waals surface area (Å²) in [6.07, 6.45) is 0. The highest BCUT2D eigenvalue weighted by atomic mass is 32.2. The molecule has 13 heteroatoms. The first-order valence-electron chi connectivity index (χ1n) is 6.96. The summed E-state index contributed by atoms with van der Waals surface area (Å²) in [5, 5.41) is 0. The summed E-state index contributed by atoms with van der Waals surface area (Å²) < 4.78 is 120. The third-order valence-electron chi connectivity index (χ3n) is 3.46. The van der Waals surface area contributed by atoms with E-state index in [-0.39, 0.29) is 11.1 Å². The van der Waals surface area contributed by atoms with Crippen molar-refractivity contribution in [3.05, 3.63) is 59.7 Å². The number of benzene rings is 2. The smallest absolute Gasteiger partial charge is 0.289 e. The molecule has 152 valence electrons. The highest BCUT2D eigenvalue weighted by Crippen LogP contribution is 2.31. The fraction of sp³-hybridized carbons (Fsp3) is 0.133. The molecule has 0 N–H and O–H groups in total. The SMILES string of the molecule is O=C(c1ccc(S(=O)(=O)C(F)(F)F)cc1)c1ccc(S(=O)(=O)C(F)(F)F)cc1. The van der Waals surface area contributed by atoms with Crippen LogP contribution in [0, 0.1) is 0 Å². The zero-order chi connectivity index (χ0) is 21.5. The van der Waals surface area contributed by atoms with Crippen molar-refractivity contribution in [1.82, 2.24) is 0 Å². The van der Waals surface area contributed by atoms with E-state index in [9.17, 15) is 48.0 Å². The Labute approximate surface area is 154 Å². The second kappa shape index (κ2) is 6.88. The van der Waals surface area contributed by atoms with E-state index >= 15 is 0 Å². The molecule has 0 fully saturated rings. The first kappa shape index (κ1) is 21.9. The molecule has 0 amide bonds. The molecule has 0 saturated carbocycles. The van der Waals surface area contributed by atoms with Gasteiger partial charge in [-0.15, -0.1) is 0 Å². The molecule has 5 nitrogen and oxygen atoms in total. The Kier molecular flexibility index (Phi) is 5.38. The quantitative estimate of drug-likeness (QED) is 0.530. The van der Waals surface area contributed by atoms with Crippen LogP contribution in [0.4, 0.5) is 26.3 Å². The number of hydrogen-bond acceptors (Lipinski definition) is 5. The van der Waals surface area contributed by atoms with Crippen LogP contribution in [0.3, 0.4) is 0 Å². The van der Waals surface area contributed by atoms with Gasteiger partial charge in [-0.3, -0.25) is 4.79 Å². The highest BCUT2D eigenvalue weighted by Gasteiger charge is 2.47. The number of rotatable bonds is 4. The van der Waals surface area contributed by atoms with Crippen molar-refractivity contribution in [2.24, 2.45) is 0 Å². The van der Waals surface area contributed by atoms with E-state index in [0.29, 0.717) is 24.3 Å². The summed E-state index contributed by atoms with van der Waals surface area (Å²) in [5.41, 5.74) is -11.6. The third kappa shape index (κ3) is 3.90. The topological polar surface area (TPSA) is 85.3 Å². The van der Waals surface area contributed by atoms with Crippen LogP contribution in [0.25, 0.3) is 0 Å². The Morgan fingerprint density at radius 1 is 0.571 bits per heavy atom. The van der Waals surface area contributed by atoms with Gasteiger partial charge in [-0.2, -0.15) is 26.3 Å². The van der Waals surface area contributed by atoms with Crippen molar-refractivity contribution in [3.8, 4) is 0 Å². The lowest BCUT2D eigenvalue weighted by molar-refractivity contribution is -0.0442. The van der Waals surface area contributed by atoms with Crippen molar-refractivity contribution in [3.63, 3.8) is 0 Å². The van der Waals surface area contributed by atoms with Crippen molar-refractivity contribution in [2.75, 3.05) is 0 Å². The van der Waals surface area contributed by atoms with Crippen LogP contribution in [0.1, 0.15) is 15.9 Å². The molecule has 0 spiro atoms. The minimum Gasteiger partial charge on any atom is -0.289 e. The van der Waals surface area contributed by atoms with E-state index in [2.05, 4.69) is 0 Å². The molecule has 2 aromatic rings. The number of ketones is 1. The standard InChI is InChI=1S/C15H8F6O5S2/c16-14(17,18)27(23,24)11-5-1-9(2-6-11)13(22)10-3-7-12(8-4-10)28(25,26)15(19,20)21/h1-8H. The van der Waals surface area contributed by atoms with E-state index in [0.717, 1.165) is 24.3 Å². The Bertz CT molecular complexity index is 1010. The van der Waals surface area contributed by atoms with Crippen LogP contribution in [-0.2, 0) is 19.7 Å². The maximum atomic E-state index is 12.5. The van der Waals surface area contributed by atoms with Crippen LogP contribution in [0.2, 0.25) is 0 Å². The minimum absolute atomic E-state index is 0.257. The second-order valence-electron chi connectivity index (χ2n) is 5.28. The lowest BCUT2D eigenvalue weighted by Gasteiger charge is -2.09. The molecular formula is C15H8F6O5S2. The van der Waals surface area contributed by atoms with Gasteiger partial charge >= 0.3 is 11.0 Å². The molecule has 0 unspecified atom stereocenters. The summed E-state index contributed by atoms with van der Waals surface area (Å²) in [6.45, 7) is 0. The van der Waals surface area contributed by atoms with Crippen molar-refractivity contribution < 1.29 is 48.0 Å². The predicted octanol–water partition coefficient (Wildman–Crippen LogP) is 3.50. The lowest BCUT2D eigenvalue weighted by atomic mass is 10.0. The monoisotopic (exact) mass is 446 g/mol. The van der Waals surface area contributed by atoms with Gasteiger partial charge < -0.3 is 0 Å². The van der Waals surface area contributed by atoms with E-state index in [1.165, 1.54) is 0 Å². The Morgan fingerprint density at radius 2 is 0.821 bits per heavy atom. The molecule has 0 aromatic heterocycles. The van der Waals surface area contributed by atoms with Gasteiger partial charge in [0.1, 0.15) is 0 Å². The summed E-state index contributed by atoms with van der Waals surface area (Å²) in [6, 6.07) is 5.39. The van der Waals surface area contributed by atoms with Crippen molar-refractivity contribution in [2.45, 2.75) is 20.8 Å². The van der Waals surface area contributed by atoms with Crippen molar-refractivity contribution in [1.29, 1.82) is 0 Å². The summed E-state index contributed by atoms with van der Waals surface area (Å²) in [7, 11) is -11.2. The van der Waals surface area contributed by atoms with Crippen LogP contribution in [0.15, 0.2) is 58.3 Å². The zero-order valence-electron chi connectivity index (χ0n) is 13.2. The van der Waals surface area contributed by atoms with E-state index in [4.69, 9.17) is 0 Å². The van der Waals surface area contributed by atoms with Gasteiger partial charge in [-0.05, 0) is 48.5 Å². The van der Waals surface area contributed by atoms with E-state index in [1.807, 2.05) is 0 Å². The largest absolute Gasteiger partial charge is 0.501 e. The molecule has 0 bridgehead atoms. The van der Waals surface area contributed by atoms with E-state index < -0.39 is 46.3 Å². The minimum atomic E-state index is -5.60. The van der Waals surface area contributed by atoms with Crippen LogP contribution >= 0.6 is 0 Å². The molecule has 28 heavy (non-hydrogen) atoms. The number of carbonyl (C=O) groups is 1. The predicted molar refractivity (Wildman–Crippen MR) is 82.8 cm³/mol. The van der Waals surface area contributed by atoms with Crippen LogP contribution in [0.5, 0.6) is 0 Å². The number of carbonyl (C=O) groups excluding carboxylic acids is 1. The van der Waals surface area contributed by atoms with Gasteiger partial charge in [0.2, 0.25) is 0 Å². The maximum Gasteiger partial charge on any atom is 0.501 e. The van der Waals surface area contributed by atoms with Gasteiger partial charge in [-0.25, -0.2) is 16.8 Å². The normalized spacial score (nSPS) is 13.4. The molecule has 0 aliphatic rings. The van der Waals surface area contributed by atoms with E-state index in [1.54, 1.807) is 0 Å². The van der Waals surface area contributed by atoms with Crippen LogP contribution in [-0.4, -0.2) is 33.6 Å². The number of hydrogen-bond donors (Lipinski definition) is 0. The molecule has 0 radical (unpaired) electrons. The molecule has 0 aliphatic heterocycles. The lowest BCUT2D eigenvalue weighted by Crippen LogP contribution is -2.23. The second-order valence-corrected chi connectivity index (χ2v) is 9.16. The number of halogens is 6. The summed E-state index contributed by atoms with van der Waals surface area (Å²) in [5.74, 6) is -0.869. The zero-order valence-corrected chi connectivity index (χ0v) is 14.9. The molecule has 2 rings (SSSR count). The van der Waals surface area contributed by atoms with Gasteiger partial charge in [0, 0.05) is 11.1 Å². The third-order valence-corrected chi connectivity index (χ3v) is 6.47. The molecular weight excluding hydrogens is 438 g/mol. The maximum absolute atomic E-state index is 12.5. The Morgan fingerprint density at radius 3 is 1.04 bits per heavy atom. The molecule has 0 saturated heterocycles. The Balaban J connectivity index is 2.33. The number of sulfone groups is 2. The van der Waals surface area contributed by atoms with Gasteiger partial charge in [0.05, 0.1) is 9.79 Å². The van der Waals surface area contributed by atoms with Gasteiger partial charge in [0.25, 0.3) is 19.7 Å². The number of alkyl halides is 6. The first-order valence-corrected chi connectivity index (χ1v) is 9.93. The van der Waals surface area contributed by atoms with Gasteiger partial charge in [-0.1, -0.05) is 0 Å². The van der Waals surface area contributed by atoms with Crippen molar-refractivity contribution >= 4 is 25.5 Å². The molecule has 0 atom stereocenters. The fourth-order valence-electron chi connectivity index (χ4n) is 2.00. The fourth-order valence-corrected chi connectivity index (χ4v) is 3.53.